The fraction of sp³-hybridized carbons (Fsp3) is 0.438. The number of unbranched alkanes of at least 4 members (excludes halogenated alkanes) is 1. The summed E-state index contributed by atoms with van der Waals surface area (Å²) in [5, 5.41) is 3.01. The van der Waals surface area contributed by atoms with Gasteiger partial charge in [-0.15, -0.1) is 0 Å². The molecule has 0 saturated heterocycles. The van der Waals surface area contributed by atoms with Crippen LogP contribution < -0.4 is 20.5 Å². The Morgan fingerprint density at radius 1 is 1.14 bits per heavy atom. The maximum Gasteiger partial charge on any atom is 0.240 e. The molecule has 0 unspecified atom stereocenters. The van der Waals surface area contributed by atoms with Crippen LogP contribution in [0.3, 0.4) is 0 Å². The van der Waals surface area contributed by atoms with Crippen molar-refractivity contribution in [2.75, 3.05) is 13.1 Å². The average Bonchev–Trinajstić information content (AvgIpc) is 3.94. The van der Waals surface area contributed by atoms with Gasteiger partial charge in [-0.25, -0.2) is 13.1 Å². The van der Waals surface area contributed by atoms with Crippen LogP contribution in [-0.2, 0) is 31.8 Å². The van der Waals surface area contributed by atoms with E-state index in [0.29, 0.717) is 36.4 Å². The molecule has 2 aliphatic carbocycles. The van der Waals surface area contributed by atoms with Crippen molar-refractivity contribution in [2.24, 2.45) is 5.73 Å². The van der Waals surface area contributed by atoms with Crippen LogP contribution in [0.1, 0.15) is 63.0 Å². The summed E-state index contributed by atoms with van der Waals surface area (Å²) in [7, 11) is -3.75. The Labute approximate surface area is 258 Å². The van der Waals surface area contributed by atoms with Crippen LogP contribution in [0, 0.1) is 0 Å². The fourth-order valence-corrected chi connectivity index (χ4v) is 6.40. The molecule has 2 aromatic carbocycles. The zero-order chi connectivity index (χ0) is 30.5. The van der Waals surface area contributed by atoms with E-state index in [0.717, 1.165) is 48.1 Å². The molecule has 1 heterocycles. The number of carbonyl (C=O) groups is 1. The predicted molar refractivity (Wildman–Crippen MR) is 166 cm³/mol. The molecule has 2 fully saturated rings. The minimum Gasteiger partial charge on any atom is -0.490 e. The van der Waals surface area contributed by atoms with E-state index in [2.05, 4.69) is 21.1 Å². The highest BCUT2D eigenvalue weighted by Crippen LogP contribution is 2.53. The summed E-state index contributed by atoms with van der Waals surface area (Å²) in [5.41, 5.74) is 9.13. The number of nitrogens with zero attached hydrogens (tertiary/aromatic N) is 1. The van der Waals surface area contributed by atoms with Crippen LogP contribution in [0.5, 0.6) is 5.75 Å². The molecule has 3 aromatic rings. The number of sulfonamides is 1. The number of hydrogen-bond acceptors (Lipinski definition) is 7. The molecule has 5 rings (SSSR count). The molecule has 4 N–H and O–H groups in total. The topological polar surface area (TPSA) is 133 Å². The number of amides is 1. The molecule has 1 atom stereocenters. The van der Waals surface area contributed by atoms with Gasteiger partial charge in [0.05, 0.1) is 29.2 Å². The van der Waals surface area contributed by atoms with Gasteiger partial charge >= 0.3 is 0 Å². The summed E-state index contributed by atoms with van der Waals surface area (Å²) in [6, 6.07) is 14.2. The number of ether oxygens (including phenoxy) is 2. The third-order valence-corrected chi connectivity index (χ3v) is 9.58. The van der Waals surface area contributed by atoms with E-state index in [1.165, 1.54) is 6.07 Å². The minimum atomic E-state index is -3.75. The van der Waals surface area contributed by atoms with E-state index in [9.17, 15) is 13.2 Å². The van der Waals surface area contributed by atoms with Gasteiger partial charge in [-0.3, -0.25) is 9.78 Å². The minimum absolute atomic E-state index is 0.0863. The molecule has 2 saturated carbocycles. The van der Waals surface area contributed by atoms with Crippen molar-refractivity contribution < 1.29 is 22.7 Å². The second-order valence-corrected chi connectivity index (χ2v) is 13.3. The highest BCUT2D eigenvalue weighted by Gasteiger charge is 2.47. The standard InChI is InChI=1S/C32H39ClN4O5S/c1-2-36-31(38)29(34)8-5-6-17-37-43(39,40)24-13-10-22(28(33)19-24)21-41-32(15-16-32)27-20-35-18-14-25(27)26-7-3-4-9-30(26)42-23-11-12-23/h3-4,7,9-10,13-14,18-20,23,29,37H,2,5-6,8,11-12,15-17,21,34H2,1H3,(H,36,38)/t29-/m0/s1. The molecular formula is C32H39ClN4O5S. The Morgan fingerprint density at radius 3 is 2.65 bits per heavy atom. The molecule has 0 aliphatic heterocycles. The van der Waals surface area contributed by atoms with Gasteiger partial charge in [0, 0.05) is 41.6 Å². The Balaban J connectivity index is 1.20. The molecular weight excluding hydrogens is 588 g/mol. The van der Waals surface area contributed by atoms with Gasteiger partial charge in [0.15, 0.2) is 0 Å². The van der Waals surface area contributed by atoms with Crippen molar-refractivity contribution in [3.8, 4) is 16.9 Å². The van der Waals surface area contributed by atoms with Gasteiger partial charge in [0.1, 0.15) is 5.75 Å². The number of likely N-dealkylation sites (N-methyl/N-ethyl adjacent to an activating group) is 1. The van der Waals surface area contributed by atoms with Crippen LogP contribution >= 0.6 is 11.6 Å². The van der Waals surface area contributed by atoms with Crippen molar-refractivity contribution in [1.82, 2.24) is 15.0 Å². The second kappa shape index (κ2) is 13.7. The van der Waals surface area contributed by atoms with Crippen molar-refractivity contribution in [3.63, 3.8) is 0 Å². The summed E-state index contributed by atoms with van der Waals surface area (Å²) >= 11 is 6.55. The molecule has 0 bridgehead atoms. The third kappa shape index (κ3) is 7.93. The number of carbonyl (C=O) groups excluding carboxylic acids is 1. The Morgan fingerprint density at radius 2 is 1.93 bits per heavy atom. The summed E-state index contributed by atoms with van der Waals surface area (Å²) in [6.45, 7) is 2.82. The summed E-state index contributed by atoms with van der Waals surface area (Å²) < 4.78 is 41.0. The van der Waals surface area contributed by atoms with E-state index in [1.807, 2.05) is 37.4 Å². The molecule has 230 valence electrons. The number of hydrogen-bond donors (Lipinski definition) is 3. The lowest BCUT2D eigenvalue weighted by atomic mass is 9.96. The van der Waals surface area contributed by atoms with Crippen LogP contribution in [0.4, 0.5) is 0 Å². The monoisotopic (exact) mass is 626 g/mol. The number of para-hydroxylation sites is 1. The van der Waals surface area contributed by atoms with Crippen LogP contribution in [-0.4, -0.2) is 44.5 Å². The average molecular weight is 627 g/mol. The lowest BCUT2D eigenvalue weighted by molar-refractivity contribution is -0.122. The predicted octanol–water partition coefficient (Wildman–Crippen LogP) is 5.06. The zero-order valence-corrected chi connectivity index (χ0v) is 25.9. The van der Waals surface area contributed by atoms with Crippen molar-refractivity contribution in [1.29, 1.82) is 0 Å². The highest BCUT2D eigenvalue weighted by molar-refractivity contribution is 7.89. The number of halogens is 1. The number of benzene rings is 2. The van der Waals surface area contributed by atoms with Crippen LogP contribution in [0.25, 0.3) is 11.1 Å². The Bertz CT molecular complexity index is 1540. The molecule has 1 amide bonds. The van der Waals surface area contributed by atoms with Gasteiger partial charge in [0.25, 0.3) is 0 Å². The van der Waals surface area contributed by atoms with E-state index in [-0.39, 0.29) is 30.1 Å². The van der Waals surface area contributed by atoms with Crippen LogP contribution in [0.2, 0.25) is 5.02 Å². The van der Waals surface area contributed by atoms with Crippen molar-refractivity contribution in [2.45, 2.75) is 81.1 Å². The maximum absolute atomic E-state index is 12.9. The summed E-state index contributed by atoms with van der Waals surface area (Å²) in [4.78, 5) is 16.2. The Hall–Kier alpha value is -3.02. The third-order valence-electron chi connectivity index (χ3n) is 7.77. The van der Waals surface area contributed by atoms with E-state index < -0.39 is 21.7 Å². The quantitative estimate of drug-likeness (QED) is 0.189. The summed E-state index contributed by atoms with van der Waals surface area (Å²) in [5.74, 6) is 0.670. The molecule has 9 nitrogen and oxygen atoms in total. The van der Waals surface area contributed by atoms with E-state index >= 15 is 0 Å². The molecule has 2 aliphatic rings. The molecule has 43 heavy (non-hydrogen) atoms. The first kappa shape index (κ1) is 31.4. The zero-order valence-electron chi connectivity index (χ0n) is 24.4. The second-order valence-electron chi connectivity index (χ2n) is 11.2. The smallest absolute Gasteiger partial charge is 0.240 e. The van der Waals surface area contributed by atoms with Gasteiger partial charge in [-0.05, 0) is 80.8 Å². The first-order valence-electron chi connectivity index (χ1n) is 14.9. The van der Waals surface area contributed by atoms with Crippen LogP contribution in [0.15, 0.2) is 65.8 Å². The van der Waals surface area contributed by atoms with Crippen molar-refractivity contribution >= 4 is 27.5 Å². The number of pyridine rings is 1. The molecule has 0 spiro atoms. The van der Waals surface area contributed by atoms with Gasteiger partial charge in [0.2, 0.25) is 15.9 Å². The first-order chi connectivity index (χ1) is 20.7. The number of rotatable bonds is 16. The lowest BCUT2D eigenvalue weighted by Gasteiger charge is -2.22. The SMILES string of the molecule is CCNC(=O)[C@@H](N)CCCCNS(=O)(=O)c1ccc(COC2(c3cnccc3-c3ccccc3OC3CC3)CC2)c(Cl)c1. The first-order valence-corrected chi connectivity index (χ1v) is 16.7. The normalized spacial score (nSPS) is 16.4. The number of nitrogens with one attached hydrogen (secondary N) is 2. The van der Waals surface area contributed by atoms with Gasteiger partial charge in [-0.1, -0.05) is 42.3 Å². The molecule has 1 aromatic heterocycles. The molecule has 0 radical (unpaired) electrons. The van der Waals surface area contributed by atoms with E-state index in [4.69, 9.17) is 26.8 Å². The number of aromatic nitrogens is 1. The van der Waals surface area contributed by atoms with E-state index in [1.54, 1.807) is 18.3 Å². The van der Waals surface area contributed by atoms with Crippen molar-refractivity contribution in [3.05, 3.63) is 77.1 Å². The highest BCUT2D eigenvalue weighted by atomic mass is 35.5. The maximum atomic E-state index is 12.9. The van der Waals surface area contributed by atoms with Gasteiger partial charge in [-0.2, -0.15) is 0 Å². The fourth-order valence-electron chi connectivity index (χ4n) is 5.00. The van der Waals surface area contributed by atoms with Gasteiger partial charge < -0.3 is 20.5 Å². The molecule has 11 heteroatoms. The number of nitrogens with two attached hydrogens (primary N) is 1. The lowest BCUT2D eigenvalue weighted by Crippen LogP contribution is -2.40. The Kier molecular flexibility index (Phi) is 10.0. The largest absolute Gasteiger partial charge is 0.490 e. The summed E-state index contributed by atoms with van der Waals surface area (Å²) in [6.07, 6.45) is 9.45.